The number of nitrogens with zero attached hydrogens (tertiary/aromatic N) is 2. The molecule has 0 saturated heterocycles. The van der Waals surface area contributed by atoms with Gasteiger partial charge < -0.3 is 20.1 Å². The monoisotopic (exact) mass is 313 g/mol. The van der Waals surface area contributed by atoms with Gasteiger partial charge in [0.25, 0.3) is 5.91 Å². The van der Waals surface area contributed by atoms with Crippen molar-refractivity contribution in [1.29, 1.82) is 0 Å². The highest BCUT2D eigenvalue weighted by Crippen LogP contribution is 2.33. The lowest BCUT2D eigenvalue weighted by molar-refractivity contribution is 0.0734. The van der Waals surface area contributed by atoms with Crippen molar-refractivity contribution in [3.8, 4) is 11.5 Å². The number of methoxy groups -OCH3 is 2. The van der Waals surface area contributed by atoms with E-state index in [1.807, 2.05) is 17.0 Å². The van der Waals surface area contributed by atoms with Crippen molar-refractivity contribution in [3.63, 3.8) is 0 Å². The van der Waals surface area contributed by atoms with Crippen LogP contribution in [0.4, 0.5) is 5.82 Å². The fourth-order valence-electron chi connectivity index (χ4n) is 2.82. The van der Waals surface area contributed by atoms with Crippen molar-refractivity contribution in [2.75, 3.05) is 26.5 Å². The summed E-state index contributed by atoms with van der Waals surface area (Å²) < 4.78 is 10.7. The minimum absolute atomic E-state index is 0.0421. The summed E-state index contributed by atoms with van der Waals surface area (Å²) in [7, 11) is 3.23. The SMILES string of the molecule is COc1cc2c(cc1OC)CN(C(=O)c1ccnc(N)c1)CC2. The number of pyridine rings is 1. The lowest BCUT2D eigenvalue weighted by atomic mass is 9.98. The van der Waals surface area contributed by atoms with Crippen LogP contribution in [0.3, 0.4) is 0 Å². The van der Waals surface area contributed by atoms with E-state index in [9.17, 15) is 4.79 Å². The number of aromatic nitrogens is 1. The van der Waals surface area contributed by atoms with E-state index in [0.717, 1.165) is 12.0 Å². The highest BCUT2D eigenvalue weighted by molar-refractivity contribution is 5.94. The predicted molar refractivity (Wildman–Crippen MR) is 86.6 cm³/mol. The Labute approximate surface area is 134 Å². The van der Waals surface area contributed by atoms with Gasteiger partial charge in [-0.2, -0.15) is 0 Å². The minimum atomic E-state index is -0.0421. The Balaban J connectivity index is 1.86. The van der Waals surface area contributed by atoms with Crippen molar-refractivity contribution in [2.45, 2.75) is 13.0 Å². The molecule has 0 unspecified atom stereocenters. The number of carbonyl (C=O) groups excluding carboxylic acids is 1. The molecule has 0 saturated carbocycles. The maximum absolute atomic E-state index is 12.6. The second kappa shape index (κ2) is 6.16. The van der Waals surface area contributed by atoms with Gasteiger partial charge in [-0.3, -0.25) is 4.79 Å². The third-order valence-electron chi connectivity index (χ3n) is 4.03. The second-order valence-electron chi connectivity index (χ2n) is 5.42. The molecule has 3 rings (SSSR count). The van der Waals surface area contributed by atoms with E-state index in [4.69, 9.17) is 15.2 Å². The first-order chi connectivity index (χ1) is 11.1. The first kappa shape index (κ1) is 15.1. The number of hydrogen-bond acceptors (Lipinski definition) is 5. The Morgan fingerprint density at radius 3 is 2.52 bits per heavy atom. The predicted octanol–water partition coefficient (Wildman–Crippen LogP) is 1.88. The van der Waals surface area contributed by atoms with Crippen molar-refractivity contribution in [2.24, 2.45) is 0 Å². The molecule has 1 aromatic carbocycles. The van der Waals surface area contributed by atoms with Gasteiger partial charge in [-0.25, -0.2) is 4.98 Å². The summed E-state index contributed by atoms with van der Waals surface area (Å²) >= 11 is 0. The van der Waals surface area contributed by atoms with E-state index in [2.05, 4.69) is 4.98 Å². The standard InChI is InChI=1S/C17H19N3O3/c1-22-14-7-11-4-6-20(10-13(11)8-15(14)23-2)17(21)12-3-5-19-16(18)9-12/h3,5,7-9H,4,6,10H2,1-2H3,(H2,18,19). The first-order valence-corrected chi connectivity index (χ1v) is 7.37. The van der Waals surface area contributed by atoms with Gasteiger partial charge in [-0.05, 0) is 41.8 Å². The zero-order valence-corrected chi connectivity index (χ0v) is 13.2. The van der Waals surface area contributed by atoms with E-state index in [1.54, 1.807) is 32.5 Å². The third-order valence-corrected chi connectivity index (χ3v) is 4.03. The average molecular weight is 313 g/mol. The lowest BCUT2D eigenvalue weighted by Crippen LogP contribution is -2.36. The fourth-order valence-corrected chi connectivity index (χ4v) is 2.82. The highest BCUT2D eigenvalue weighted by Gasteiger charge is 2.23. The largest absolute Gasteiger partial charge is 0.493 e. The second-order valence-corrected chi connectivity index (χ2v) is 5.42. The Kier molecular flexibility index (Phi) is 4.06. The molecule has 0 bridgehead atoms. The Morgan fingerprint density at radius 2 is 1.87 bits per heavy atom. The summed E-state index contributed by atoms with van der Waals surface area (Å²) in [5.74, 6) is 1.70. The molecular formula is C17H19N3O3. The van der Waals surface area contributed by atoms with Crippen LogP contribution < -0.4 is 15.2 Å². The maximum Gasteiger partial charge on any atom is 0.254 e. The minimum Gasteiger partial charge on any atom is -0.493 e. The van der Waals surface area contributed by atoms with Gasteiger partial charge in [0, 0.05) is 24.8 Å². The molecule has 0 fully saturated rings. The van der Waals surface area contributed by atoms with Crippen LogP contribution in [0.2, 0.25) is 0 Å². The van der Waals surface area contributed by atoms with Crippen LogP contribution >= 0.6 is 0 Å². The molecule has 2 heterocycles. The molecule has 0 atom stereocenters. The quantitative estimate of drug-likeness (QED) is 0.936. The van der Waals surface area contributed by atoms with Crippen molar-refractivity contribution < 1.29 is 14.3 Å². The van der Waals surface area contributed by atoms with Crippen LogP contribution in [0.15, 0.2) is 30.5 Å². The van der Waals surface area contributed by atoms with E-state index >= 15 is 0 Å². The molecular weight excluding hydrogens is 294 g/mol. The number of nitrogens with two attached hydrogens (primary N) is 1. The van der Waals surface area contributed by atoms with E-state index < -0.39 is 0 Å². The summed E-state index contributed by atoms with van der Waals surface area (Å²) in [5, 5.41) is 0. The zero-order valence-electron chi connectivity index (χ0n) is 13.2. The Bertz CT molecular complexity index is 746. The topological polar surface area (TPSA) is 77.7 Å². The van der Waals surface area contributed by atoms with Crippen LogP contribution in [0.25, 0.3) is 0 Å². The molecule has 0 radical (unpaired) electrons. The van der Waals surface area contributed by atoms with Gasteiger partial charge in [0.2, 0.25) is 0 Å². The highest BCUT2D eigenvalue weighted by atomic mass is 16.5. The lowest BCUT2D eigenvalue weighted by Gasteiger charge is -2.29. The van der Waals surface area contributed by atoms with Crippen LogP contribution in [-0.2, 0) is 13.0 Å². The molecule has 1 aliphatic heterocycles. The maximum atomic E-state index is 12.6. The van der Waals surface area contributed by atoms with Gasteiger partial charge >= 0.3 is 0 Å². The smallest absolute Gasteiger partial charge is 0.254 e. The number of ether oxygens (including phenoxy) is 2. The Hall–Kier alpha value is -2.76. The summed E-state index contributed by atoms with van der Waals surface area (Å²) in [4.78, 5) is 18.4. The molecule has 120 valence electrons. The molecule has 1 aromatic heterocycles. The number of hydrogen-bond donors (Lipinski definition) is 1. The molecule has 6 heteroatoms. The molecule has 0 spiro atoms. The number of anilines is 1. The van der Waals surface area contributed by atoms with Crippen molar-refractivity contribution in [1.82, 2.24) is 9.88 Å². The van der Waals surface area contributed by atoms with Gasteiger partial charge in [0.1, 0.15) is 5.82 Å². The zero-order chi connectivity index (χ0) is 16.4. The summed E-state index contributed by atoms with van der Waals surface area (Å²) in [5.41, 5.74) is 8.47. The number of fused-ring (bicyclic) bond motifs is 1. The van der Waals surface area contributed by atoms with Gasteiger partial charge in [-0.1, -0.05) is 0 Å². The number of rotatable bonds is 3. The van der Waals surface area contributed by atoms with Crippen molar-refractivity contribution in [3.05, 3.63) is 47.2 Å². The van der Waals surface area contributed by atoms with Crippen LogP contribution in [0, 0.1) is 0 Å². The average Bonchev–Trinajstić information content (AvgIpc) is 2.59. The summed E-state index contributed by atoms with van der Waals surface area (Å²) in [6.45, 7) is 1.19. The van der Waals surface area contributed by atoms with E-state index in [0.29, 0.717) is 36.0 Å². The van der Waals surface area contributed by atoms with E-state index in [-0.39, 0.29) is 5.91 Å². The van der Waals surface area contributed by atoms with Crippen LogP contribution in [-0.4, -0.2) is 36.6 Å². The normalized spacial score (nSPS) is 13.4. The molecule has 2 aromatic rings. The van der Waals surface area contributed by atoms with Gasteiger partial charge in [0.05, 0.1) is 14.2 Å². The fraction of sp³-hybridized carbons (Fsp3) is 0.294. The van der Waals surface area contributed by atoms with Crippen LogP contribution in [0.1, 0.15) is 21.5 Å². The first-order valence-electron chi connectivity index (χ1n) is 7.37. The summed E-state index contributed by atoms with van der Waals surface area (Å²) in [6, 6.07) is 7.21. The van der Waals surface area contributed by atoms with Gasteiger partial charge in [0.15, 0.2) is 11.5 Å². The van der Waals surface area contributed by atoms with Gasteiger partial charge in [-0.15, -0.1) is 0 Å². The number of nitrogen functional groups attached to an aromatic ring is 1. The molecule has 1 amide bonds. The molecule has 1 aliphatic rings. The van der Waals surface area contributed by atoms with Crippen molar-refractivity contribution >= 4 is 11.7 Å². The summed E-state index contributed by atoms with van der Waals surface area (Å²) in [6.07, 6.45) is 2.33. The molecule has 6 nitrogen and oxygen atoms in total. The molecule has 0 aliphatic carbocycles. The number of carbonyl (C=O) groups is 1. The molecule has 23 heavy (non-hydrogen) atoms. The third kappa shape index (κ3) is 2.92. The Morgan fingerprint density at radius 1 is 1.17 bits per heavy atom. The van der Waals surface area contributed by atoms with E-state index in [1.165, 1.54) is 5.56 Å². The van der Waals surface area contributed by atoms with Crippen LogP contribution in [0.5, 0.6) is 11.5 Å². The molecule has 2 N–H and O–H groups in total. The number of amides is 1. The number of benzene rings is 1.